The van der Waals surface area contributed by atoms with Gasteiger partial charge in [0.1, 0.15) is 0 Å². The van der Waals surface area contributed by atoms with Gasteiger partial charge in [-0.1, -0.05) is 6.07 Å². The lowest BCUT2D eigenvalue weighted by Gasteiger charge is -2.14. The number of hydrogen-bond acceptors (Lipinski definition) is 4. The Morgan fingerprint density at radius 1 is 1.40 bits per heavy atom. The minimum absolute atomic E-state index is 0.125. The number of ether oxygens (including phenoxy) is 1. The van der Waals surface area contributed by atoms with Crippen molar-refractivity contribution in [3.63, 3.8) is 0 Å². The lowest BCUT2D eigenvalue weighted by atomic mass is 10.1. The fourth-order valence-electron chi connectivity index (χ4n) is 1.67. The summed E-state index contributed by atoms with van der Waals surface area (Å²) in [5.41, 5.74) is 1.54. The van der Waals surface area contributed by atoms with Crippen LogP contribution in [0.5, 0.6) is 0 Å². The molecule has 0 aliphatic heterocycles. The minimum Gasteiger partial charge on any atom is -0.383 e. The molecule has 0 fully saturated rings. The van der Waals surface area contributed by atoms with Crippen LogP contribution in [0.15, 0.2) is 18.2 Å². The van der Waals surface area contributed by atoms with E-state index in [0.29, 0.717) is 17.9 Å². The molecule has 0 saturated carbocycles. The van der Waals surface area contributed by atoms with Gasteiger partial charge in [-0.05, 0) is 31.5 Å². The van der Waals surface area contributed by atoms with E-state index in [-0.39, 0.29) is 11.9 Å². The van der Waals surface area contributed by atoms with Gasteiger partial charge >= 0.3 is 0 Å². The SMILES string of the molecule is COCC(C)NC(=O)c1ccc(C)c(NS(C)(=O)=O)c1. The van der Waals surface area contributed by atoms with E-state index in [1.54, 1.807) is 26.2 Å². The molecule has 1 aromatic carbocycles. The van der Waals surface area contributed by atoms with E-state index >= 15 is 0 Å². The Morgan fingerprint density at radius 3 is 2.60 bits per heavy atom. The van der Waals surface area contributed by atoms with Crippen molar-refractivity contribution < 1.29 is 17.9 Å². The first-order valence-corrected chi connectivity index (χ1v) is 8.00. The van der Waals surface area contributed by atoms with Gasteiger partial charge in [0.15, 0.2) is 0 Å². The molecule has 1 rings (SSSR count). The molecule has 7 heteroatoms. The third kappa shape index (κ3) is 5.18. The molecule has 1 atom stereocenters. The average molecular weight is 300 g/mol. The highest BCUT2D eigenvalue weighted by atomic mass is 32.2. The van der Waals surface area contributed by atoms with E-state index in [4.69, 9.17) is 4.74 Å². The quantitative estimate of drug-likeness (QED) is 0.825. The van der Waals surface area contributed by atoms with E-state index in [1.807, 2.05) is 6.92 Å². The number of hydrogen-bond donors (Lipinski definition) is 2. The second-order valence-corrected chi connectivity index (χ2v) is 6.48. The number of aryl methyl sites for hydroxylation is 1. The van der Waals surface area contributed by atoms with E-state index in [9.17, 15) is 13.2 Å². The lowest BCUT2D eigenvalue weighted by Crippen LogP contribution is -2.35. The maximum Gasteiger partial charge on any atom is 0.251 e. The van der Waals surface area contributed by atoms with Crippen LogP contribution in [-0.2, 0) is 14.8 Å². The molecular weight excluding hydrogens is 280 g/mol. The van der Waals surface area contributed by atoms with Gasteiger partial charge in [-0.3, -0.25) is 9.52 Å². The van der Waals surface area contributed by atoms with Gasteiger partial charge in [0.2, 0.25) is 10.0 Å². The third-order valence-electron chi connectivity index (χ3n) is 2.59. The van der Waals surface area contributed by atoms with Gasteiger partial charge in [-0.15, -0.1) is 0 Å². The number of rotatable bonds is 6. The average Bonchev–Trinajstić information content (AvgIpc) is 2.30. The molecule has 1 unspecified atom stereocenters. The van der Waals surface area contributed by atoms with Gasteiger partial charge in [-0.25, -0.2) is 8.42 Å². The van der Waals surface area contributed by atoms with Crippen molar-refractivity contribution in [2.24, 2.45) is 0 Å². The summed E-state index contributed by atoms with van der Waals surface area (Å²) >= 11 is 0. The maximum atomic E-state index is 12.0. The summed E-state index contributed by atoms with van der Waals surface area (Å²) in [4.78, 5) is 12.0. The van der Waals surface area contributed by atoms with Crippen molar-refractivity contribution in [3.8, 4) is 0 Å². The van der Waals surface area contributed by atoms with Crippen LogP contribution >= 0.6 is 0 Å². The van der Waals surface area contributed by atoms with Gasteiger partial charge in [-0.2, -0.15) is 0 Å². The Morgan fingerprint density at radius 2 is 2.05 bits per heavy atom. The Bertz CT molecular complexity index is 584. The Labute approximate surface area is 119 Å². The molecule has 0 saturated heterocycles. The van der Waals surface area contributed by atoms with Gasteiger partial charge < -0.3 is 10.1 Å². The fraction of sp³-hybridized carbons (Fsp3) is 0.462. The summed E-state index contributed by atoms with van der Waals surface area (Å²) in [6.07, 6.45) is 1.07. The number of carbonyl (C=O) groups excluding carboxylic acids is 1. The van der Waals surface area contributed by atoms with Crippen molar-refractivity contribution in [2.45, 2.75) is 19.9 Å². The van der Waals surface area contributed by atoms with Crippen molar-refractivity contribution in [3.05, 3.63) is 29.3 Å². The molecule has 0 radical (unpaired) electrons. The zero-order valence-electron chi connectivity index (χ0n) is 12.1. The second-order valence-electron chi connectivity index (χ2n) is 4.73. The lowest BCUT2D eigenvalue weighted by molar-refractivity contribution is 0.0905. The molecule has 0 heterocycles. The molecule has 6 nitrogen and oxygen atoms in total. The molecular formula is C13H20N2O4S. The molecule has 0 aromatic heterocycles. The zero-order valence-corrected chi connectivity index (χ0v) is 12.9. The van der Waals surface area contributed by atoms with Crippen LogP contribution in [0.1, 0.15) is 22.8 Å². The molecule has 112 valence electrons. The third-order valence-corrected chi connectivity index (χ3v) is 3.18. The highest BCUT2D eigenvalue weighted by Crippen LogP contribution is 2.18. The number of nitrogens with one attached hydrogen (secondary N) is 2. The van der Waals surface area contributed by atoms with E-state index < -0.39 is 10.0 Å². The Balaban J connectivity index is 2.92. The normalized spacial score (nSPS) is 12.8. The highest BCUT2D eigenvalue weighted by molar-refractivity contribution is 7.92. The molecule has 1 amide bonds. The summed E-state index contributed by atoms with van der Waals surface area (Å²) in [5, 5.41) is 2.77. The predicted octanol–water partition coefficient (Wildman–Crippen LogP) is 1.13. The minimum atomic E-state index is -3.38. The van der Waals surface area contributed by atoms with Crippen LogP contribution in [0.2, 0.25) is 0 Å². The van der Waals surface area contributed by atoms with Crippen molar-refractivity contribution in [2.75, 3.05) is 24.7 Å². The zero-order chi connectivity index (χ0) is 15.3. The Kier molecular flexibility index (Phi) is 5.52. The van der Waals surface area contributed by atoms with Gasteiger partial charge in [0.05, 0.1) is 18.6 Å². The summed E-state index contributed by atoms with van der Waals surface area (Å²) < 4.78 is 29.9. The fourth-order valence-corrected chi connectivity index (χ4v) is 2.29. The molecule has 0 bridgehead atoms. The van der Waals surface area contributed by atoms with Crippen LogP contribution in [0, 0.1) is 6.92 Å². The van der Waals surface area contributed by atoms with Crippen molar-refractivity contribution in [1.29, 1.82) is 0 Å². The van der Waals surface area contributed by atoms with Crippen LogP contribution in [-0.4, -0.2) is 40.3 Å². The standard InChI is InChI=1S/C13H20N2O4S/c1-9-5-6-11(7-12(9)15-20(4,17)18)13(16)14-10(2)8-19-3/h5-7,10,15H,8H2,1-4H3,(H,14,16). The number of sulfonamides is 1. The number of amides is 1. The monoisotopic (exact) mass is 300 g/mol. The molecule has 2 N–H and O–H groups in total. The summed E-state index contributed by atoms with van der Waals surface area (Å²) in [6, 6.07) is 4.74. The van der Waals surface area contributed by atoms with Gasteiger partial charge in [0, 0.05) is 18.7 Å². The number of methoxy groups -OCH3 is 1. The van der Waals surface area contributed by atoms with Crippen molar-refractivity contribution >= 4 is 21.6 Å². The molecule has 20 heavy (non-hydrogen) atoms. The molecule has 1 aromatic rings. The van der Waals surface area contributed by atoms with Crippen LogP contribution in [0.4, 0.5) is 5.69 Å². The summed E-state index contributed by atoms with van der Waals surface area (Å²) in [5.74, 6) is -0.272. The summed E-state index contributed by atoms with van der Waals surface area (Å²) in [7, 11) is -1.82. The molecule has 0 spiro atoms. The number of carbonyl (C=O) groups is 1. The topological polar surface area (TPSA) is 84.5 Å². The largest absolute Gasteiger partial charge is 0.383 e. The van der Waals surface area contributed by atoms with Crippen LogP contribution in [0.3, 0.4) is 0 Å². The van der Waals surface area contributed by atoms with E-state index in [2.05, 4.69) is 10.0 Å². The van der Waals surface area contributed by atoms with E-state index in [1.165, 1.54) is 6.07 Å². The van der Waals surface area contributed by atoms with Crippen LogP contribution in [0.25, 0.3) is 0 Å². The maximum absolute atomic E-state index is 12.0. The van der Waals surface area contributed by atoms with Crippen molar-refractivity contribution in [1.82, 2.24) is 5.32 Å². The second kappa shape index (κ2) is 6.71. The van der Waals surface area contributed by atoms with Gasteiger partial charge in [0.25, 0.3) is 5.91 Å². The number of anilines is 1. The van der Waals surface area contributed by atoms with Crippen LogP contribution < -0.4 is 10.0 Å². The first-order valence-electron chi connectivity index (χ1n) is 6.11. The predicted molar refractivity (Wildman–Crippen MR) is 78.4 cm³/mol. The smallest absolute Gasteiger partial charge is 0.251 e. The first kappa shape index (κ1) is 16.5. The molecule has 0 aliphatic rings. The van der Waals surface area contributed by atoms with E-state index in [0.717, 1.165) is 11.8 Å². The highest BCUT2D eigenvalue weighted by Gasteiger charge is 2.12. The summed E-state index contributed by atoms with van der Waals surface area (Å²) in [6.45, 7) is 4.00. The first-order chi connectivity index (χ1) is 9.23. The Hall–Kier alpha value is -1.60. The molecule has 0 aliphatic carbocycles. The number of benzene rings is 1.